The van der Waals surface area contributed by atoms with Crippen LogP contribution in [0.15, 0.2) is 48.5 Å². The average Bonchev–Trinajstić information content (AvgIpc) is 2.91. The van der Waals surface area contributed by atoms with Crippen molar-refractivity contribution < 1.29 is 5.11 Å². The lowest BCUT2D eigenvalue weighted by Crippen LogP contribution is -2.31. The summed E-state index contributed by atoms with van der Waals surface area (Å²) >= 11 is 6.54. The maximum Gasteiger partial charge on any atom is 0.0917 e. The van der Waals surface area contributed by atoms with Gasteiger partial charge in [-0.1, -0.05) is 139 Å². The fourth-order valence-electron chi connectivity index (χ4n) is 5.51. The van der Waals surface area contributed by atoms with E-state index in [1.807, 2.05) is 12.1 Å². The SMILES string of the molecule is CCCCCCCCCN(CCCCCCCCC)CC(O)c1ccc2cc(Cl)c3ccccc3c2c1.Cl. The molecule has 0 aliphatic heterocycles. The van der Waals surface area contributed by atoms with Crippen LogP contribution < -0.4 is 0 Å². The molecule has 0 radical (unpaired) electrons. The zero-order valence-corrected chi connectivity index (χ0v) is 25.5. The van der Waals surface area contributed by atoms with E-state index in [0.29, 0.717) is 6.54 Å². The first-order chi connectivity index (χ1) is 18.1. The van der Waals surface area contributed by atoms with E-state index >= 15 is 0 Å². The van der Waals surface area contributed by atoms with E-state index in [2.05, 4.69) is 55.1 Å². The van der Waals surface area contributed by atoms with Crippen molar-refractivity contribution in [1.29, 1.82) is 0 Å². The van der Waals surface area contributed by atoms with Crippen LogP contribution >= 0.6 is 24.0 Å². The predicted molar refractivity (Wildman–Crippen MR) is 171 cm³/mol. The molecular weight excluding hydrogens is 509 g/mol. The quantitative estimate of drug-likeness (QED) is 0.116. The van der Waals surface area contributed by atoms with E-state index in [1.54, 1.807) is 0 Å². The average molecular weight is 561 g/mol. The first-order valence-corrected chi connectivity index (χ1v) is 15.5. The number of unbranched alkanes of at least 4 members (excludes halogenated alkanes) is 12. The number of aliphatic hydroxyl groups is 1. The number of fused-ring (bicyclic) bond motifs is 3. The van der Waals surface area contributed by atoms with Gasteiger partial charge in [-0.15, -0.1) is 12.4 Å². The van der Waals surface area contributed by atoms with Crippen molar-refractivity contribution in [2.75, 3.05) is 19.6 Å². The molecular formula is C34H51Cl2NO. The normalized spacial score (nSPS) is 12.3. The molecule has 2 nitrogen and oxygen atoms in total. The number of aliphatic hydroxyl groups excluding tert-OH is 1. The molecule has 4 heteroatoms. The maximum atomic E-state index is 11.3. The monoisotopic (exact) mass is 559 g/mol. The van der Waals surface area contributed by atoms with Crippen LogP contribution in [-0.4, -0.2) is 29.6 Å². The minimum Gasteiger partial charge on any atom is -0.387 e. The molecule has 0 aliphatic rings. The highest BCUT2D eigenvalue weighted by molar-refractivity contribution is 6.37. The summed E-state index contributed by atoms with van der Waals surface area (Å²) in [5.74, 6) is 0. The largest absolute Gasteiger partial charge is 0.387 e. The summed E-state index contributed by atoms with van der Waals surface area (Å²) < 4.78 is 0. The maximum absolute atomic E-state index is 11.3. The Morgan fingerprint density at radius 1 is 0.658 bits per heavy atom. The molecule has 0 spiro atoms. The minimum absolute atomic E-state index is 0. The van der Waals surface area contributed by atoms with E-state index < -0.39 is 6.10 Å². The van der Waals surface area contributed by atoms with Gasteiger partial charge in [-0.3, -0.25) is 0 Å². The van der Waals surface area contributed by atoms with Crippen molar-refractivity contribution in [3.05, 3.63) is 59.1 Å². The second kappa shape index (κ2) is 18.9. The molecule has 212 valence electrons. The number of nitrogens with zero attached hydrogens (tertiary/aromatic N) is 1. The van der Waals surface area contributed by atoms with Crippen molar-refractivity contribution in [3.63, 3.8) is 0 Å². The van der Waals surface area contributed by atoms with Crippen molar-refractivity contribution in [3.8, 4) is 0 Å². The summed E-state index contributed by atoms with van der Waals surface area (Å²) in [6.45, 7) is 7.45. The first-order valence-electron chi connectivity index (χ1n) is 15.1. The van der Waals surface area contributed by atoms with E-state index in [0.717, 1.165) is 39.8 Å². The molecule has 0 aromatic heterocycles. The Labute approximate surface area is 243 Å². The third-order valence-corrected chi connectivity index (χ3v) is 8.12. The van der Waals surface area contributed by atoms with E-state index in [-0.39, 0.29) is 12.4 Å². The zero-order chi connectivity index (χ0) is 26.3. The summed E-state index contributed by atoms with van der Waals surface area (Å²) in [5.41, 5.74) is 1.00. The number of halogens is 2. The topological polar surface area (TPSA) is 23.5 Å². The predicted octanol–water partition coefficient (Wildman–Crippen LogP) is 10.9. The van der Waals surface area contributed by atoms with Crippen LogP contribution in [0.1, 0.15) is 115 Å². The molecule has 3 aromatic carbocycles. The fourth-order valence-corrected chi connectivity index (χ4v) is 5.79. The lowest BCUT2D eigenvalue weighted by molar-refractivity contribution is 0.110. The van der Waals surface area contributed by atoms with Gasteiger partial charge in [0.05, 0.1) is 6.10 Å². The molecule has 0 amide bonds. The van der Waals surface area contributed by atoms with Crippen LogP contribution in [0.25, 0.3) is 21.5 Å². The standard InChI is InChI=1S/C34H50ClNO.ClH/c1-3-5-7-9-11-13-17-23-36(24-18-14-12-10-8-6-4-2)27-34(37)29-22-21-28-26-33(35)31-20-16-15-19-30(31)32(28)25-29;/h15-16,19-22,25-26,34,37H,3-14,17-18,23-24,27H2,1-2H3;1H. The Bertz CT molecular complexity index is 1040. The molecule has 0 aliphatic carbocycles. The fraction of sp³-hybridized carbons (Fsp3) is 0.588. The van der Waals surface area contributed by atoms with E-state index in [4.69, 9.17) is 11.6 Å². The Balaban J connectivity index is 0.00000507. The smallest absolute Gasteiger partial charge is 0.0917 e. The Hall–Kier alpha value is -1.32. The third kappa shape index (κ3) is 10.7. The molecule has 0 heterocycles. The molecule has 0 fully saturated rings. The van der Waals surface area contributed by atoms with Crippen LogP contribution in [0.2, 0.25) is 5.02 Å². The zero-order valence-electron chi connectivity index (χ0n) is 23.9. The molecule has 0 saturated heterocycles. The van der Waals surface area contributed by atoms with Gasteiger partial charge < -0.3 is 10.0 Å². The van der Waals surface area contributed by atoms with Gasteiger partial charge in [0.15, 0.2) is 0 Å². The summed E-state index contributed by atoms with van der Waals surface area (Å²) in [6, 6.07) is 16.7. The third-order valence-electron chi connectivity index (χ3n) is 7.81. The van der Waals surface area contributed by atoms with Crippen molar-refractivity contribution >= 4 is 45.6 Å². The lowest BCUT2D eigenvalue weighted by Gasteiger charge is -2.26. The summed E-state index contributed by atoms with van der Waals surface area (Å²) in [4.78, 5) is 2.52. The van der Waals surface area contributed by atoms with E-state index in [1.165, 1.54) is 95.3 Å². The molecule has 1 N–H and O–H groups in total. The van der Waals surface area contributed by atoms with E-state index in [9.17, 15) is 5.11 Å². The molecule has 3 rings (SSSR count). The number of benzene rings is 3. The van der Waals surface area contributed by atoms with Crippen LogP contribution in [0.3, 0.4) is 0 Å². The minimum atomic E-state index is -0.479. The molecule has 3 aromatic rings. The highest BCUT2D eigenvalue weighted by atomic mass is 35.5. The number of hydrogen-bond acceptors (Lipinski definition) is 2. The Kier molecular flexibility index (Phi) is 16.3. The number of hydrogen-bond donors (Lipinski definition) is 1. The van der Waals surface area contributed by atoms with Crippen molar-refractivity contribution in [2.45, 2.75) is 110 Å². The summed E-state index contributed by atoms with van der Waals surface area (Å²) in [5, 5.41) is 16.6. The second-order valence-electron chi connectivity index (χ2n) is 10.9. The van der Waals surface area contributed by atoms with Gasteiger partial charge in [-0.25, -0.2) is 0 Å². The molecule has 0 saturated carbocycles. The van der Waals surface area contributed by atoms with Crippen molar-refractivity contribution in [1.82, 2.24) is 4.90 Å². The van der Waals surface area contributed by atoms with Gasteiger partial charge >= 0.3 is 0 Å². The van der Waals surface area contributed by atoms with Crippen LogP contribution in [0, 0.1) is 0 Å². The Morgan fingerprint density at radius 2 is 1.18 bits per heavy atom. The van der Waals surface area contributed by atoms with Gasteiger partial charge in [-0.2, -0.15) is 0 Å². The van der Waals surface area contributed by atoms with Gasteiger partial charge in [0, 0.05) is 17.0 Å². The van der Waals surface area contributed by atoms with Crippen LogP contribution in [0.4, 0.5) is 0 Å². The molecule has 1 atom stereocenters. The summed E-state index contributed by atoms with van der Waals surface area (Å²) in [7, 11) is 0. The highest BCUT2D eigenvalue weighted by Crippen LogP contribution is 2.33. The van der Waals surface area contributed by atoms with Gasteiger partial charge in [0.2, 0.25) is 0 Å². The summed E-state index contributed by atoms with van der Waals surface area (Å²) in [6.07, 6.45) is 18.1. The van der Waals surface area contributed by atoms with Crippen LogP contribution in [-0.2, 0) is 0 Å². The second-order valence-corrected chi connectivity index (χ2v) is 11.4. The first kappa shape index (κ1) is 32.9. The molecule has 0 bridgehead atoms. The molecule has 1 unspecified atom stereocenters. The lowest BCUT2D eigenvalue weighted by atomic mass is 9.98. The highest BCUT2D eigenvalue weighted by Gasteiger charge is 2.15. The van der Waals surface area contributed by atoms with Crippen molar-refractivity contribution in [2.24, 2.45) is 0 Å². The number of rotatable bonds is 19. The van der Waals surface area contributed by atoms with Gasteiger partial charge in [0.25, 0.3) is 0 Å². The van der Waals surface area contributed by atoms with Crippen LogP contribution in [0.5, 0.6) is 0 Å². The molecule has 38 heavy (non-hydrogen) atoms. The van der Waals surface area contributed by atoms with Gasteiger partial charge in [0.1, 0.15) is 0 Å². The van der Waals surface area contributed by atoms with Gasteiger partial charge in [-0.05, 0) is 59.8 Å². The Morgan fingerprint density at radius 3 is 1.76 bits per heavy atom.